The highest BCUT2D eigenvalue weighted by Gasteiger charge is 2.23. The average molecular weight is 285 g/mol. The van der Waals surface area contributed by atoms with E-state index in [-0.39, 0.29) is 6.10 Å². The molecule has 5 nitrogen and oxygen atoms in total. The summed E-state index contributed by atoms with van der Waals surface area (Å²) in [6, 6.07) is 3.95. The molecule has 0 spiro atoms. The molecule has 0 saturated carbocycles. The molecule has 1 aromatic carbocycles. The number of hydrogen-bond donors (Lipinski definition) is 1. The van der Waals surface area contributed by atoms with E-state index in [0.717, 1.165) is 40.3 Å². The zero-order valence-corrected chi connectivity index (χ0v) is 12.7. The van der Waals surface area contributed by atoms with Crippen LogP contribution in [0, 0.1) is 13.8 Å². The lowest BCUT2D eigenvalue weighted by Gasteiger charge is -2.12. The summed E-state index contributed by atoms with van der Waals surface area (Å²) in [4.78, 5) is 8.92. The number of nitrogens with two attached hydrogens (primary N) is 1. The van der Waals surface area contributed by atoms with Crippen molar-refractivity contribution >= 4 is 5.82 Å². The Labute approximate surface area is 124 Å². The van der Waals surface area contributed by atoms with Crippen molar-refractivity contribution in [2.45, 2.75) is 33.3 Å². The molecule has 110 valence electrons. The van der Waals surface area contributed by atoms with Crippen LogP contribution < -0.4 is 15.2 Å². The summed E-state index contributed by atoms with van der Waals surface area (Å²) in [5.74, 6) is 2.68. The van der Waals surface area contributed by atoms with Crippen LogP contribution in [0.4, 0.5) is 5.82 Å². The number of ether oxygens (including phenoxy) is 2. The Kier molecular flexibility index (Phi) is 3.20. The molecule has 0 aliphatic carbocycles. The second-order valence-electron chi connectivity index (χ2n) is 5.44. The minimum atomic E-state index is 0.186. The van der Waals surface area contributed by atoms with Gasteiger partial charge in [0.1, 0.15) is 23.4 Å². The van der Waals surface area contributed by atoms with Gasteiger partial charge in [-0.3, -0.25) is 0 Å². The van der Waals surface area contributed by atoms with Crippen LogP contribution in [0.15, 0.2) is 12.1 Å². The lowest BCUT2D eigenvalue weighted by atomic mass is 10.1. The van der Waals surface area contributed by atoms with Crippen molar-refractivity contribution < 1.29 is 9.47 Å². The number of nitrogens with zero attached hydrogens (tertiary/aromatic N) is 2. The van der Waals surface area contributed by atoms with Gasteiger partial charge in [-0.25, -0.2) is 9.97 Å². The quantitative estimate of drug-likeness (QED) is 0.918. The van der Waals surface area contributed by atoms with Gasteiger partial charge in [-0.15, -0.1) is 0 Å². The van der Waals surface area contributed by atoms with Gasteiger partial charge in [-0.05, 0) is 32.9 Å². The minimum Gasteiger partial charge on any atom is -0.496 e. The van der Waals surface area contributed by atoms with Gasteiger partial charge >= 0.3 is 0 Å². The van der Waals surface area contributed by atoms with Gasteiger partial charge in [0.25, 0.3) is 0 Å². The average Bonchev–Trinajstić information content (AvgIpc) is 2.81. The second-order valence-corrected chi connectivity index (χ2v) is 5.44. The lowest BCUT2D eigenvalue weighted by molar-refractivity contribution is 0.254. The van der Waals surface area contributed by atoms with E-state index in [1.807, 2.05) is 26.0 Å². The highest BCUT2D eigenvalue weighted by molar-refractivity contribution is 5.70. The Morgan fingerprint density at radius 3 is 2.71 bits per heavy atom. The molecular weight excluding hydrogens is 266 g/mol. The van der Waals surface area contributed by atoms with Crippen LogP contribution in [0.3, 0.4) is 0 Å². The smallest absolute Gasteiger partial charge is 0.165 e. The number of anilines is 1. The van der Waals surface area contributed by atoms with Crippen molar-refractivity contribution in [2.24, 2.45) is 0 Å². The number of methoxy groups -OCH3 is 1. The van der Waals surface area contributed by atoms with Crippen LogP contribution in [0.25, 0.3) is 11.4 Å². The first-order valence-electron chi connectivity index (χ1n) is 6.98. The van der Waals surface area contributed by atoms with Crippen molar-refractivity contribution in [3.05, 3.63) is 29.0 Å². The third-order valence-corrected chi connectivity index (χ3v) is 3.89. The van der Waals surface area contributed by atoms with Crippen LogP contribution >= 0.6 is 0 Å². The maximum atomic E-state index is 5.96. The van der Waals surface area contributed by atoms with Gasteiger partial charge in [0.05, 0.1) is 12.7 Å². The number of rotatable bonds is 2. The molecule has 0 radical (unpaired) electrons. The van der Waals surface area contributed by atoms with Crippen LogP contribution in [-0.4, -0.2) is 23.2 Å². The van der Waals surface area contributed by atoms with Gasteiger partial charge in [-0.1, -0.05) is 0 Å². The first kappa shape index (κ1) is 13.7. The van der Waals surface area contributed by atoms with E-state index in [2.05, 4.69) is 16.9 Å². The van der Waals surface area contributed by atoms with Crippen molar-refractivity contribution in [1.82, 2.24) is 9.97 Å². The highest BCUT2D eigenvalue weighted by Crippen LogP contribution is 2.39. The van der Waals surface area contributed by atoms with Gasteiger partial charge in [-0.2, -0.15) is 0 Å². The zero-order chi connectivity index (χ0) is 15.1. The Morgan fingerprint density at radius 1 is 1.29 bits per heavy atom. The summed E-state index contributed by atoms with van der Waals surface area (Å²) in [6.45, 7) is 5.89. The molecule has 3 rings (SSSR count). The Balaban J connectivity index is 2.16. The van der Waals surface area contributed by atoms with Crippen molar-refractivity contribution in [2.75, 3.05) is 12.8 Å². The molecular formula is C16H19N3O2. The van der Waals surface area contributed by atoms with E-state index < -0.39 is 0 Å². The molecule has 2 N–H and O–H groups in total. The largest absolute Gasteiger partial charge is 0.496 e. The Morgan fingerprint density at radius 2 is 2.05 bits per heavy atom. The molecule has 5 heteroatoms. The SMILES string of the molecule is COc1cc2c(cc1-c1nc(C)c(C)c(N)n1)OC(C)C2. The fraction of sp³-hybridized carbons (Fsp3) is 0.375. The summed E-state index contributed by atoms with van der Waals surface area (Å²) >= 11 is 0. The summed E-state index contributed by atoms with van der Waals surface area (Å²) in [7, 11) is 1.65. The fourth-order valence-corrected chi connectivity index (χ4v) is 2.55. The number of fused-ring (bicyclic) bond motifs is 1. The first-order chi connectivity index (χ1) is 9.99. The number of aryl methyl sites for hydroxylation is 1. The molecule has 1 atom stereocenters. The summed E-state index contributed by atoms with van der Waals surface area (Å²) in [5.41, 5.74) is 9.70. The lowest BCUT2D eigenvalue weighted by Crippen LogP contribution is -2.05. The minimum absolute atomic E-state index is 0.186. The summed E-state index contributed by atoms with van der Waals surface area (Å²) in [5, 5.41) is 0. The molecule has 1 aliphatic heterocycles. The van der Waals surface area contributed by atoms with Gasteiger partial charge in [0.2, 0.25) is 0 Å². The van der Waals surface area contributed by atoms with E-state index in [1.54, 1.807) is 7.11 Å². The van der Waals surface area contributed by atoms with Gasteiger partial charge in [0, 0.05) is 23.2 Å². The topological polar surface area (TPSA) is 70.3 Å². The maximum Gasteiger partial charge on any atom is 0.165 e. The van der Waals surface area contributed by atoms with Crippen molar-refractivity contribution in [1.29, 1.82) is 0 Å². The number of hydrogen-bond acceptors (Lipinski definition) is 5. The summed E-state index contributed by atoms with van der Waals surface area (Å²) < 4.78 is 11.3. The van der Waals surface area contributed by atoms with E-state index in [9.17, 15) is 0 Å². The molecule has 1 aromatic heterocycles. The van der Waals surface area contributed by atoms with E-state index in [4.69, 9.17) is 15.2 Å². The predicted octanol–water partition coefficient (Wildman–Crippen LogP) is 2.67. The molecule has 0 bridgehead atoms. The Hall–Kier alpha value is -2.30. The zero-order valence-electron chi connectivity index (χ0n) is 12.7. The number of nitrogen functional groups attached to an aromatic ring is 1. The maximum absolute atomic E-state index is 5.96. The van der Waals surface area contributed by atoms with Crippen LogP contribution in [-0.2, 0) is 6.42 Å². The molecule has 21 heavy (non-hydrogen) atoms. The molecule has 1 unspecified atom stereocenters. The Bertz CT molecular complexity index is 690. The molecule has 0 fully saturated rings. The molecule has 2 aromatic rings. The third kappa shape index (κ3) is 2.28. The van der Waals surface area contributed by atoms with Crippen LogP contribution in [0.1, 0.15) is 23.7 Å². The normalized spacial score (nSPS) is 16.5. The molecule has 0 saturated heterocycles. The van der Waals surface area contributed by atoms with Crippen molar-refractivity contribution in [3.63, 3.8) is 0 Å². The summed E-state index contributed by atoms with van der Waals surface area (Å²) in [6.07, 6.45) is 1.08. The standard InChI is InChI=1S/C16H19N3O2/c1-8-5-11-6-14(20-4)12(7-13(11)21-8)16-18-10(3)9(2)15(17)19-16/h6-8H,5H2,1-4H3,(H2,17,18,19). The molecule has 2 heterocycles. The second kappa shape index (κ2) is 4.91. The predicted molar refractivity (Wildman–Crippen MR) is 81.7 cm³/mol. The van der Waals surface area contributed by atoms with E-state index >= 15 is 0 Å². The fourth-order valence-electron chi connectivity index (χ4n) is 2.55. The number of aromatic nitrogens is 2. The van der Waals surface area contributed by atoms with Gasteiger partial charge in [0.15, 0.2) is 5.82 Å². The van der Waals surface area contributed by atoms with Crippen molar-refractivity contribution in [3.8, 4) is 22.9 Å². The van der Waals surface area contributed by atoms with Crippen LogP contribution in [0.2, 0.25) is 0 Å². The molecule has 1 aliphatic rings. The first-order valence-corrected chi connectivity index (χ1v) is 6.98. The third-order valence-electron chi connectivity index (χ3n) is 3.89. The van der Waals surface area contributed by atoms with E-state index in [1.165, 1.54) is 0 Å². The van der Waals surface area contributed by atoms with Gasteiger partial charge < -0.3 is 15.2 Å². The van der Waals surface area contributed by atoms with Crippen LogP contribution in [0.5, 0.6) is 11.5 Å². The highest BCUT2D eigenvalue weighted by atomic mass is 16.5. The monoisotopic (exact) mass is 285 g/mol. The van der Waals surface area contributed by atoms with E-state index in [0.29, 0.717) is 11.6 Å². The number of benzene rings is 1. The molecule has 0 amide bonds.